The normalized spacial score (nSPS) is 10.7. The van der Waals surface area contributed by atoms with Gasteiger partial charge >= 0.3 is 5.97 Å². The van der Waals surface area contributed by atoms with E-state index in [-0.39, 0.29) is 12.3 Å². The average molecular weight is 255 g/mol. The molecule has 0 bridgehead atoms. The Kier molecular flexibility index (Phi) is 5.58. The van der Waals surface area contributed by atoms with Crippen LogP contribution in [0.4, 0.5) is 4.39 Å². The molecule has 18 heavy (non-hydrogen) atoms. The zero-order valence-corrected chi connectivity index (χ0v) is 10.6. The smallest absolute Gasteiger partial charge is 0.317 e. The van der Waals surface area contributed by atoms with Crippen molar-refractivity contribution >= 4 is 5.97 Å². The number of carbonyl (C=O) groups is 1. The quantitative estimate of drug-likeness (QED) is 0.811. The van der Waals surface area contributed by atoms with Gasteiger partial charge in [-0.2, -0.15) is 0 Å². The third-order valence-corrected chi connectivity index (χ3v) is 2.52. The molecular formula is C13H18FNO3. The van der Waals surface area contributed by atoms with Gasteiger partial charge in [0.1, 0.15) is 0 Å². The molecule has 1 N–H and O–H groups in total. The van der Waals surface area contributed by atoms with Crippen molar-refractivity contribution in [2.75, 3.05) is 20.2 Å². The summed E-state index contributed by atoms with van der Waals surface area (Å²) in [6, 6.07) is 4.67. The SMILES string of the molecule is CCCN(CC(=O)O)Cc1ccc(OC)c(F)c1. The number of aliphatic carboxylic acids is 1. The topological polar surface area (TPSA) is 49.8 Å². The summed E-state index contributed by atoms with van der Waals surface area (Å²) in [6.07, 6.45) is 0.853. The van der Waals surface area contributed by atoms with E-state index in [1.165, 1.54) is 13.2 Å². The summed E-state index contributed by atoms with van der Waals surface area (Å²) < 4.78 is 18.3. The van der Waals surface area contributed by atoms with Crippen LogP contribution >= 0.6 is 0 Å². The third-order valence-electron chi connectivity index (χ3n) is 2.52. The van der Waals surface area contributed by atoms with Gasteiger partial charge in [-0.3, -0.25) is 9.69 Å². The minimum absolute atomic E-state index is 0.0402. The fourth-order valence-electron chi connectivity index (χ4n) is 1.79. The minimum Gasteiger partial charge on any atom is -0.494 e. The highest BCUT2D eigenvalue weighted by Gasteiger charge is 2.11. The van der Waals surface area contributed by atoms with Crippen LogP contribution in [0.25, 0.3) is 0 Å². The highest BCUT2D eigenvalue weighted by molar-refractivity contribution is 5.69. The molecule has 0 heterocycles. The summed E-state index contributed by atoms with van der Waals surface area (Å²) in [6.45, 7) is 3.02. The van der Waals surface area contributed by atoms with Gasteiger partial charge in [-0.15, -0.1) is 0 Å². The molecule has 0 aliphatic rings. The number of halogens is 1. The number of hydrogen-bond donors (Lipinski definition) is 1. The molecule has 0 amide bonds. The molecule has 1 aromatic carbocycles. The van der Waals surface area contributed by atoms with E-state index in [4.69, 9.17) is 9.84 Å². The fraction of sp³-hybridized carbons (Fsp3) is 0.462. The summed E-state index contributed by atoms with van der Waals surface area (Å²) in [5, 5.41) is 8.79. The molecule has 1 aromatic rings. The van der Waals surface area contributed by atoms with Gasteiger partial charge in [0.2, 0.25) is 0 Å². The summed E-state index contributed by atoms with van der Waals surface area (Å²) in [7, 11) is 1.41. The van der Waals surface area contributed by atoms with Crippen LogP contribution < -0.4 is 4.74 Å². The number of hydrogen-bond acceptors (Lipinski definition) is 3. The van der Waals surface area contributed by atoms with Crippen molar-refractivity contribution in [3.63, 3.8) is 0 Å². The predicted molar refractivity (Wildman–Crippen MR) is 66.2 cm³/mol. The van der Waals surface area contributed by atoms with Crippen molar-refractivity contribution in [3.05, 3.63) is 29.6 Å². The number of benzene rings is 1. The lowest BCUT2D eigenvalue weighted by atomic mass is 10.2. The molecule has 0 aliphatic carbocycles. The number of rotatable bonds is 7. The number of nitrogens with zero attached hydrogens (tertiary/aromatic N) is 1. The fourth-order valence-corrected chi connectivity index (χ4v) is 1.79. The monoisotopic (exact) mass is 255 g/mol. The Morgan fingerprint density at radius 3 is 2.72 bits per heavy atom. The van der Waals surface area contributed by atoms with Gasteiger partial charge in [-0.1, -0.05) is 13.0 Å². The first kappa shape index (κ1) is 14.4. The predicted octanol–water partition coefficient (Wildman–Crippen LogP) is 2.13. The van der Waals surface area contributed by atoms with Gasteiger partial charge in [0.05, 0.1) is 13.7 Å². The second-order valence-electron chi connectivity index (χ2n) is 4.07. The minimum atomic E-state index is -0.877. The molecular weight excluding hydrogens is 237 g/mol. The molecule has 0 saturated carbocycles. The maximum absolute atomic E-state index is 13.5. The zero-order chi connectivity index (χ0) is 13.5. The van der Waals surface area contributed by atoms with Crippen LogP contribution in [0.15, 0.2) is 18.2 Å². The zero-order valence-electron chi connectivity index (χ0n) is 10.6. The van der Waals surface area contributed by atoms with E-state index >= 15 is 0 Å². The van der Waals surface area contributed by atoms with Crippen molar-refractivity contribution in [1.29, 1.82) is 0 Å². The van der Waals surface area contributed by atoms with E-state index in [0.29, 0.717) is 13.1 Å². The summed E-state index contributed by atoms with van der Waals surface area (Å²) in [4.78, 5) is 12.5. The second kappa shape index (κ2) is 6.96. The van der Waals surface area contributed by atoms with Crippen LogP contribution in [0.1, 0.15) is 18.9 Å². The van der Waals surface area contributed by atoms with Crippen LogP contribution in [0.3, 0.4) is 0 Å². The number of carboxylic acid groups (broad SMARTS) is 1. The van der Waals surface area contributed by atoms with E-state index in [9.17, 15) is 9.18 Å². The summed E-state index contributed by atoms with van der Waals surface area (Å²) >= 11 is 0. The Balaban J connectivity index is 2.73. The second-order valence-corrected chi connectivity index (χ2v) is 4.07. The molecule has 0 fully saturated rings. The molecule has 0 aromatic heterocycles. The first-order valence-electron chi connectivity index (χ1n) is 5.83. The van der Waals surface area contributed by atoms with Crippen molar-refractivity contribution < 1.29 is 19.0 Å². The largest absolute Gasteiger partial charge is 0.494 e. The maximum atomic E-state index is 13.5. The average Bonchev–Trinajstić information content (AvgIpc) is 2.28. The van der Waals surface area contributed by atoms with E-state index in [0.717, 1.165) is 12.0 Å². The van der Waals surface area contributed by atoms with Crippen LogP contribution in [0, 0.1) is 5.82 Å². The maximum Gasteiger partial charge on any atom is 0.317 e. The van der Waals surface area contributed by atoms with E-state index < -0.39 is 11.8 Å². The van der Waals surface area contributed by atoms with Gasteiger partial charge in [-0.05, 0) is 30.7 Å². The lowest BCUT2D eigenvalue weighted by molar-refractivity contribution is -0.138. The first-order chi connectivity index (χ1) is 8.56. The van der Waals surface area contributed by atoms with Crippen molar-refractivity contribution in [2.24, 2.45) is 0 Å². The molecule has 0 atom stereocenters. The van der Waals surface area contributed by atoms with Crippen LogP contribution in [0.5, 0.6) is 5.75 Å². The van der Waals surface area contributed by atoms with Crippen LogP contribution in [0.2, 0.25) is 0 Å². The van der Waals surface area contributed by atoms with Crippen molar-refractivity contribution in [3.8, 4) is 5.75 Å². The molecule has 1 rings (SSSR count). The number of methoxy groups -OCH3 is 1. The molecule has 0 spiro atoms. The van der Waals surface area contributed by atoms with Crippen molar-refractivity contribution in [1.82, 2.24) is 4.90 Å². The lowest BCUT2D eigenvalue weighted by Gasteiger charge is -2.19. The van der Waals surface area contributed by atoms with Gasteiger partial charge in [-0.25, -0.2) is 4.39 Å². The molecule has 0 unspecified atom stereocenters. The van der Waals surface area contributed by atoms with E-state index in [2.05, 4.69) is 0 Å². The highest BCUT2D eigenvalue weighted by Crippen LogP contribution is 2.18. The lowest BCUT2D eigenvalue weighted by Crippen LogP contribution is -2.30. The molecule has 5 heteroatoms. The Labute approximate surface area is 106 Å². The van der Waals surface area contributed by atoms with Crippen LogP contribution in [-0.4, -0.2) is 36.2 Å². The Bertz CT molecular complexity index is 409. The highest BCUT2D eigenvalue weighted by atomic mass is 19.1. The number of ether oxygens (including phenoxy) is 1. The third kappa shape index (κ3) is 4.33. The molecule has 4 nitrogen and oxygen atoms in total. The van der Waals surface area contributed by atoms with E-state index in [1.807, 2.05) is 6.92 Å². The summed E-state index contributed by atoms with van der Waals surface area (Å²) in [5.41, 5.74) is 0.739. The standard InChI is InChI=1S/C13H18FNO3/c1-3-6-15(9-13(16)17)8-10-4-5-12(18-2)11(14)7-10/h4-5,7H,3,6,8-9H2,1-2H3,(H,16,17). The van der Waals surface area contributed by atoms with Gasteiger partial charge in [0.15, 0.2) is 11.6 Å². The molecule has 0 radical (unpaired) electrons. The van der Waals surface area contributed by atoms with Crippen molar-refractivity contribution in [2.45, 2.75) is 19.9 Å². The van der Waals surface area contributed by atoms with Gasteiger partial charge in [0, 0.05) is 6.54 Å². The Morgan fingerprint density at radius 2 is 2.22 bits per heavy atom. The Hall–Kier alpha value is -1.62. The number of carboxylic acids is 1. The first-order valence-corrected chi connectivity index (χ1v) is 5.83. The molecule has 0 saturated heterocycles. The van der Waals surface area contributed by atoms with Gasteiger partial charge < -0.3 is 9.84 Å². The Morgan fingerprint density at radius 1 is 1.50 bits per heavy atom. The van der Waals surface area contributed by atoms with Gasteiger partial charge in [0.25, 0.3) is 0 Å². The summed E-state index contributed by atoms with van der Waals surface area (Å²) in [5.74, 6) is -1.11. The van der Waals surface area contributed by atoms with E-state index in [1.54, 1.807) is 17.0 Å². The van der Waals surface area contributed by atoms with Crippen LogP contribution in [-0.2, 0) is 11.3 Å². The molecule has 0 aliphatic heterocycles. The molecule has 100 valence electrons.